The smallest absolute Gasteiger partial charge is 0.269 e. The highest BCUT2D eigenvalue weighted by Crippen LogP contribution is 2.16. The zero-order chi connectivity index (χ0) is 18.2. The highest BCUT2D eigenvalue weighted by Gasteiger charge is 2.06. The number of hydrogen-bond acceptors (Lipinski definition) is 3. The monoisotopic (exact) mass is 393 g/mol. The first-order valence-electron chi connectivity index (χ1n) is 7.05. The Morgan fingerprint density at radius 2 is 1.64 bits per heavy atom. The van der Waals surface area contributed by atoms with Crippen LogP contribution < -0.4 is 16.2 Å². The van der Waals surface area contributed by atoms with Crippen LogP contribution in [0.25, 0.3) is 6.08 Å². The molecule has 0 saturated carbocycles. The van der Waals surface area contributed by atoms with Gasteiger partial charge in [0.1, 0.15) is 0 Å². The summed E-state index contributed by atoms with van der Waals surface area (Å²) in [7, 11) is 0. The number of carbonyl (C=O) groups is 2. The van der Waals surface area contributed by atoms with Crippen molar-refractivity contribution >= 4 is 58.4 Å². The lowest BCUT2D eigenvalue weighted by Crippen LogP contribution is -2.48. The molecule has 2 aromatic rings. The molecule has 25 heavy (non-hydrogen) atoms. The highest BCUT2D eigenvalue weighted by atomic mass is 35.5. The van der Waals surface area contributed by atoms with Crippen LogP contribution in [0.5, 0.6) is 0 Å². The summed E-state index contributed by atoms with van der Waals surface area (Å²) in [6.07, 6.45) is 2.85. The number of benzene rings is 2. The Labute approximate surface area is 160 Å². The second-order valence-corrected chi connectivity index (χ2v) is 6.01. The number of thiocarbonyl (C=S) groups is 1. The Bertz CT molecular complexity index is 823. The molecule has 5 nitrogen and oxygen atoms in total. The van der Waals surface area contributed by atoms with E-state index in [2.05, 4.69) is 16.2 Å². The van der Waals surface area contributed by atoms with Crippen molar-refractivity contribution in [2.24, 2.45) is 0 Å². The SMILES string of the molecule is O=C(/C=C/c1ccccc1Cl)NC(=S)NNC(=O)c1ccc(Cl)cc1. The van der Waals surface area contributed by atoms with Crippen LogP contribution in [0.2, 0.25) is 10.0 Å². The van der Waals surface area contributed by atoms with E-state index in [1.165, 1.54) is 6.08 Å². The van der Waals surface area contributed by atoms with E-state index in [1.807, 2.05) is 6.07 Å². The maximum absolute atomic E-state index is 11.9. The lowest BCUT2D eigenvalue weighted by Gasteiger charge is -2.09. The van der Waals surface area contributed by atoms with E-state index in [0.29, 0.717) is 21.2 Å². The molecule has 2 aromatic carbocycles. The van der Waals surface area contributed by atoms with E-state index >= 15 is 0 Å². The molecule has 2 amide bonds. The number of hydrogen-bond donors (Lipinski definition) is 3. The molecule has 0 aliphatic heterocycles. The molecule has 3 N–H and O–H groups in total. The third-order valence-electron chi connectivity index (χ3n) is 2.95. The van der Waals surface area contributed by atoms with Crippen LogP contribution in [0.4, 0.5) is 0 Å². The molecular weight excluding hydrogens is 381 g/mol. The fraction of sp³-hybridized carbons (Fsp3) is 0. The molecule has 0 aliphatic rings. The summed E-state index contributed by atoms with van der Waals surface area (Å²) in [5.41, 5.74) is 5.91. The summed E-state index contributed by atoms with van der Waals surface area (Å²) in [6.45, 7) is 0. The molecule has 0 unspecified atom stereocenters. The van der Waals surface area contributed by atoms with Crippen molar-refractivity contribution in [3.63, 3.8) is 0 Å². The van der Waals surface area contributed by atoms with E-state index in [-0.39, 0.29) is 5.11 Å². The van der Waals surface area contributed by atoms with E-state index in [9.17, 15) is 9.59 Å². The second kappa shape index (κ2) is 9.17. The summed E-state index contributed by atoms with van der Waals surface area (Å²) in [5.74, 6) is -0.877. The molecule has 0 spiro atoms. The second-order valence-electron chi connectivity index (χ2n) is 4.76. The number of halogens is 2. The number of nitrogens with one attached hydrogen (secondary N) is 3. The van der Waals surface area contributed by atoms with Crippen LogP contribution in [0, 0.1) is 0 Å². The molecular formula is C17H13Cl2N3O2S. The largest absolute Gasteiger partial charge is 0.298 e. The van der Waals surface area contributed by atoms with Gasteiger partial charge in [0, 0.05) is 21.7 Å². The van der Waals surface area contributed by atoms with Gasteiger partial charge in [-0.3, -0.25) is 25.8 Å². The van der Waals surface area contributed by atoms with Gasteiger partial charge < -0.3 is 0 Å². The van der Waals surface area contributed by atoms with Gasteiger partial charge in [0.05, 0.1) is 0 Å². The summed E-state index contributed by atoms with van der Waals surface area (Å²) < 4.78 is 0. The fourth-order valence-corrected chi connectivity index (χ4v) is 2.22. The van der Waals surface area contributed by atoms with Gasteiger partial charge in [0.2, 0.25) is 5.91 Å². The van der Waals surface area contributed by atoms with Crippen molar-refractivity contribution in [3.8, 4) is 0 Å². The topological polar surface area (TPSA) is 70.2 Å². The predicted molar refractivity (Wildman–Crippen MR) is 103 cm³/mol. The minimum atomic E-state index is -0.460. The Hall–Kier alpha value is -2.41. The lowest BCUT2D eigenvalue weighted by atomic mass is 10.2. The Morgan fingerprint density at radius 1 is 0.960 bits per heavy atom. The number of rotatable bonds is 3. The molecule has 0 radical (unpaired) electrons. The Morgan fingerprint density at radius 3 is 2.32 bits per heavy atom. The lowest BCUT2D eigenvalue weighted by molar-refractivity contribution is -0.115. The van der Waals surface area contributed by atoms with Crippen molar-refractivity contribution in [2.45, 2.75) is 0 Å². The predicted octanol–water partition coefficient (Wildman–Crippen LogP) is 3.34. The molecule has 0 saturated heterocycles. The average Bonchev–Trinajstić information content (AvgIpc) is 2.59. The first-order valence-corrected chi connectivity index (χ1v) is 8.21. The minimum absolute atomic E-state index is 0.0453. The van der Waals surface area contributed by atoms with Crippen molar-refractivity contribution < 1.29 is 9.59 Å². The van der Waals surface area contributed by atoms with Gasteiger partial charge in [-0.1, -0.05) is 41.4 Å². The van der Waals surface area contributed by atoms with Crippen molar-refractivity contribution in [2.75, 3.05) is 0 Å². The average molecular weight is 394 g/mol. The molecule has 0 aliphatic carbocycles. The zero-order valence-corrected chi connectivity index (χ0v) is 15.1. The fourth-order valence-electron chi connectivity index (χ4n) is 1.75. The van der Waals surface area contributed by atoms with Crippen LogP contribution in [0.3, 0.4) is 0 Å². The summed E-state index contributed by atoms with van der Waals surface area (Å²) in [4.78, 5) is 23.7. The van der Waals surface area contributed by atoms with Crippen LogP contribution in [0.15, 0.2) is 54.6 Å². The quantitative estimate of drug-likeness (QED) is 0.424. The zero-order valence-electron chi connectivity index (χ0n) is 12.8. The third-order valence-corrected chi connectivity index (χ3v) is 3.75. The molecule has 8 heteroatoms. The summed E-state index contributed by atoms with van der Waals surface area (Å²) >= 11 is 16.7. The van der Waals surface area contributed by atoms with E-state index in [1.54, 1.807) is 48.5 Å². The van der Waals surface area contributed by atoms with E-state index < -0.39 is 11.8 Å². The van der Waals surface area contributed by atoms with Gasteiger partial charge in [0.25, 0.3) is 5.91 Å². The molecule has 0 fully saturated rings. The van der Waals surface area contributed by atoms with Crippen molar-refractivity contribution in [3.05, 3.63) is 75.8 Å². The number of amides is 2. The Kier molecular flexibility index (Phi) is 6.94. The molecule has 0 bridgehead atoms. The molecule has 2 rings (SSSR count). The normalized spacial score (nSPS) is 10.3. The Balaban J connectivity index is 1.81. The number of hydrazine groups is 1. The van der Waals surface area contributed by atoms with Crippen LogP contribution in [-0.4, -0.2) is 16.9 Å². The van der Waals surface area contributed by atoms with Crippen LogP contribution in [-0.2, 0) is 4.79 Å². The van der Waals surface area contributed by atoms with Crippen molar-refractivity contribution in [1.29, 1.82) is 0 Å². The van der Waals surface area contributed by atoms with E-state index in [0.717, 1.165) is 0 Å². The minimum Gasteiger partial charge on any atom is -0.298 e. The van der Waals surface area contributed by atoms with Crippen LogP contribution >= 0.6 is 35.4 Å². The molecule has 0 heterocycles. The maximum atomic E-state index is 11.9. The van der Waals surface area contributed by atoms with Gasteiger partial charge in [-0.25, -0.2) is 0 Å². The first-order chi connectivity index (χ1) is 12.0. The molecule has 0 aromatic heterocycles. The van der Waals surface area contributed by atoms with Gasteiger partial charge >= 0.3 is 0 Å². The first kappa shape index (κ1) is 18.9. The van der Waals surface area contributed by atoms with Gasteiger partial charge in [-0.05, 0) is 54.2 Å². The summed E-state index contributed by atoms with van der Waals surface area (Å²) in [5, 5.41) is 3.41. The third kappa shape index (κ3) is 6.19. The standard InChI is InChI=1S/C17H13Cl2N3O2S/c18-13-8-5-12(6-9-13)16(24)21-22-17(25)20-15(23)10-7-11-3-1-2-4-14(11)19/h1-10H,(H,21,24)(H2,20,22,23,25)/b10-7+. The molecule has 128 valence electrons. The number of carbonyl (C=O) groups excluding carboxylic acids is 2. The summed E-state index contributed by atoms with van der Waals surface area (Å²) in [6, 6.07) is 13.4. The molecule has 0 atom stereocenters. The van der Waals surface area contributed by atoms with Crippen molar-refractivity contribution in [1.82, 2.24) is 16.2 Å². The highest BCUT2D eigenvalue weighted by molar-refractivity contribution is 7.80. The van der Waals surface area contributed by atoms with Gasteiger partial charge in [-0.15, -0.1) is 0 Å². The van der Waals surface area contributed by atoms with Gasteiger partial charge in [0.15, 0.2) is 5.11 Å². The van der Waals surface area contributed by atoms with Crippen LogP contribution in [0.1, 0.15) is 15.9 Å². The van der Waals surface area contributed by atoms with E-state index in [4.69, 9.17) is 35.4 Å². The van der Waals surface area contributed by atoms with Gasteiger partial charge in [-0.2, -0.15) is 0 Å². The maximum Gasteiger partial charge on any atom is 0.269 e.